The number of carboxylic acids is 1. The fourth-order valence-corrected chi connectivity index (χ4v) is 11.8. The number of nitrogens with one attached hydrogen (secondary N) is 1. The molecule has 9 unspecified atom stereocenters. The van der Waals surface area contributed by atoms with Crippen molar-refractivity contribution < 1.29 is 14.6 Å². The lowest BCUT2D eigenvalue weighted by molar-refractivity contribution is -0.142. The molecule has 4 saturated heterocycles. The van der Waals surface area contributed by atoms with Gasteiger partial charge in [0, 0.05) is 71.7 Å². The number of fused-ring (bicyclic) bond motifs is 2. The zero-order valence-electron chi connectivity index (χ0n) is 25.8. The van der Waals surface area contributed by atoms with Crippen LogP contribution in [0.15, 0.2) is 4.79 Å². The number of nitrogens with zero attached hydrogens (tertiary/aromatic N) is 4. The van der Waals surface area contributed by atoms with Crippen LogP contribution in [0.25, 0.3) is 0 Å². The summed E-state index contributed by atoms with van der Waals surface area (Å²) in [6, 6.07) is 0.713. The van der Waals surface area contributed by atoms with Crippen LogP contribution in [-0.4, -0.2) is 111 Å². The first kappa shape index (κ1) is 30.5. The van der Waals surface area contributed by atoms with Crippen molar-refractivity contribution in [3.8, 4) is 0 Å². The second-order valence-electron chi connectivity index (χ2n) is 14.7. The molecule has 5 heterocycles. The van der Waals surface area contributed by atoms with E-state index in [0.717, 1.165) is 75.1 Å². The number of piperidine rings is 1. The number of hydrogen-bond donors (Lipinski definition) is 2. The van der Waals surface area contributed by atoms with Gasteiger partial charge in [0.25, 0.3) is 5.56 Å². The van der Waals surface area contributed by atoms with E-state index in [4.69, 9.17) is 21.3 Å². The van der Waals surface area contributed by atoms with Gasteiger partial charge in [0.2, 0.25) is 0 Å². The zero-order chi connectivity index (χ0) is 30.0. The SMILES string of the molecule is Cc1nc2c(c(=O)n1CCOC1CCC(Cl)CC1C1CC(C)NC3C(C(=O)O)CSC13)CC(N1CC3(CN(C)C3)C1)CC2. The number of aromatic nitrogens is 2. The molecule has 1 aromatic heterocycles. The maximum absolute atomic E-state index is 13.8. The van der Waals surface area contributed by atoms with Crippen LogP contribution < -0.4 is 10.9 Å². The maximum Gasteiger partial charge on any atom is 0.308 e. The number of likely N-dealkylation sites (tertiary alicyclic amines) is 2. The topological polar surface area (TPSA) is 99.9 Å². The molecule has 2 N–H and O–H groups in total. The summed E-state index contributed by atoms with van der Waals surface area (Å²) in [5.41, 5.74) is 2.53. The Morgan fingerprint density at radius 3 is 2.72 bits per heavy atom. The maximum atomic E-state index is 13.8. The van der Waals surface area contributed by atoms with Gasteiger partial charge in [0.05, 0.1) is 30.9 Å². The molecule has 5 fully saturated rings. The molecule has 0 amide bonds. The Labute approximate surface area is 264 Å². The van der Waals surface area contributed by atoms with E-state index < -0.39 is 5.97 Å². The van der Waals surface area contributed by atoms with Crippen molar-refractivity contribution in [1.82, 2.24) is 24.7 Å². The molecule has 238 valence electrons. The third-order valence-corrected chi connectivity index (χ3v) is 13.5. The molecule has 1 saturated carbocycles. The van der Waals surface area contributed by atoms with Crippen molar-refractivity contribution in [3.63, 3.8) is 0 Å². The van der Waals surface area contributed by atoms with Gasteiger partial charge in [-0.05, 0) is 77.7 Å². The van der Waals surface area contributed by atoms with Gasteiger partial charge in [-0.3, -0.25) is 19.1 Å². The van der Waals surface area contributed by atoms with E-state index in [2.05, 4.69) is 29.1 Å². The van der Waals surface area contributed by atoms with Gasteiger partial charge < -0.3 is 20.1 Å². The van der Waals surface area contributed by atoms with Crippen molar-refractivity contribution >= 4 is 29.3 Å². The molecule has 0 aromatic carbocycles. The smallest absolute Gasteiger partial charge is 0.308 e. The molecule has 9 atom stereocenters. The summed E-state index contributed by atoms with van der Waals surface area (Å²) in [7, 11) is 2.20. The lowest BCUT2D eigenvalue weighted by Crippen LogP contribution is -2.73. The molecule has 11 heteroatoms. The van der Waals surface area contributed by atoms with Crippen molar-refractivity contribution in [2.45, 2.75) is 100 Å². The quantitative estimate of drug-likeness (QED) is 0.439. The fourth-order valence-electron chi connectivity index (χ4n) is 9.67. The van der Waals surface area contributed by atoms with Gasteiger partial charge >= 0.3 is 5.97 Å². The van der Waals surface area contributed by atoms with Crippen LogP contribution in [0.5, 0.6) is 0 Å². The third kappa shape index (κ3) is 5.71. The van der Waals surface area contributed by atoms with Gasteiger partial charge in [-0.2, -0.15) is 11.8 Å². The van der Waals surface area contributed by atoms with Gasteiger partial charge in [-0.25, -0.2) is 4.98 Å². The minimum atomic E-state index is -0.696. The van der Waals surface area contributed by atoms with E-state index in [9.17, 15) is 14.7 Å². The summed E-state index contributed by atoms with van der Waals surface area (Å²) >= 11 is 8.56. The summed E-state index contributed by atoms with van der Waals surface area (Å²) in [4.78, 5) is 35.7. The van der Waals surface area contributed by atoms with E-state index >= 15 is 0 Å². The Morgan fingerprint density at radius 2 is 1.98 bits per heavy atom. The predicted molar refractivity (Wildman–Crippen MR) is 169 cm³/mol. The molecule has 2 aliphatic carbocycles. The molecular formula is C32H48ClN5O4S. The lowest BCUT2D eigenvalue weighted by atomic mass is 9.70. The summed E-state index contributed by atoms with van der Waals surface area (Å²) in [6.07, 6.45) is 6.61. The standard InChI is InChI=1S/C32H48ClN5O4S/c1-18-10-23(29-28(34-18)25(13-43-29)31(40)41)22-11-20(33)4-7-27(22)42-9-8-38-19(2)35-26-6-5-21(12-24(26)30(38)39)37-16-32(17-37)14-36(3)15-32/h18,20-23,25,27-29,34H,4-17H2,1-3H3,(H,40,41). The highest BCUT2D eigenvalue weighted by atomic mass is 35.5. The van der Waals surface area contributed by atoms with Crippen LogP contribution in [0.3, 0.4) is 0 Å². The molecule has 0 radical (unpaired) electrons. The van der Waals surface area contributed by atoms with Crippen molar-refractivity contribution in [1.29, 1.82) is 0 Å². The molecule has 4 aliphatic heterocycles. The number of thioether (sulfide) groups is 1. The number of hydrogen-bond acceptors (Lipinski definition) is 8. The summed E-state index contributed by atoms with van der Waals surface area (Å²) in [5, 5.41) is 13.8. The van der Waals surface area contributed by atoms with Crippen molar-refractivity contribution in [2.75, 3.05) is 45.6 Å². The van der Waals surface area contributed by atoms with Crippen LogP contribution in [0, 0.1) is 30.1 Å². The Hall–Kier alpha value is -1.17. The molecule has 7 rings (SSSR count). The molecule has 0 bridgehead atoms. The molecule has 43 heavy (non-hydrogen) atoms. The van der Waals surface area contributed by atoms with Crippen molar-refractivity contribution in [3.05, 3.63) is 27.4 Å². The van der Waals surface area contributed by atoms with E-state index in [1.165, 1.54) is 13.1 Å². The van der Waals surface area contributed by atoms with Gasteiger partial charge in [-0.15, -0.1) is 11.6 Å². The first-order valence-corrected chi connectivity index (χ1v) is 18.0. The number of ether oxygens (including phenoxy) is 1. The van der Waals surface area contributed by atoms with Crippen molar-refractivity contribution in [2.24, 2.45) is 23.2 Å². The van der Waals surface area contributed by atoms with E-state index in [1.54, 1.807) is 0 Å². The Balaban J connectivity index is 1.01. The summed E-state index contributed by atoms with van der Waals surface area (Å²) in [6.45, 7) is 9.84. The minimum absolute atomic E-state index is 0.00363. The number of alkyl halides is 1. The van der Waals surface area contributed by atoms with E-state index in [0.29, 0.717) is 42.2 Å². The average molecular weight is 634 g/mol. The second kappa shape index (κ2) is 11.9. The normalized spacial score (nSPS) is 39.1. The average Bonchev–Trinajstić information content (AvgIpc) is 3.36. The zero-order valence-corrected chi connectivity index (χ0v) is 27.4. The minimum Gasteiger partial charge on any atom is -0.481 e. The van der Waals surface area contributed by atoms with Gasteiger partial charge in [0.15, 0.2) is 0 Å². The van der Waals surface area contributed by atoms with Gasteiger partial charge in [-0.1, -0.05) is 0 Å². The number of aryl methyl sites for hydroxylation is 2. The highest BCUT2D eigenvalue weighted by Crippen LogP contribution is 2.48. The fraction of sp³-hybridized carbons (Fsp3) is 0.844. The highest BCUT2D eigenvalue weighted by Gasteiger charge is 2.53. The van der Waals surface area contributed by atoms with Crippen LogP contribution in [-0.2, 0) is 28.9 Å². The Bertz CT molecular complexity index is 1280. The molecular weight excluding hydrogens is 586 g/mol. The number of carbonyl (C=O) groups is 1. The first-order chi connectivity index (χ1) is 20.6. The lowest BCUT2D eigenvalue weighted by Gasteiger charge is -2.61. The predicted octanol–water partition coefficient (Wildman–Crippen LogP) is 2.63. The number of halogens is 1. The van der Waals surface area contributed by atoms with E-state index in [1.807, 2.05) is 23.3 Å². The highest BCUT2D eigenvalue weighted by molar-refractivity contribution is 8.00. The van der Waals surface area contributed by atoms with E-state index in [-0.39, 0.29) is 40.3 Å². The molecule has 9 nitrogen and oxygen atoms in total. The molecule has 1 spiro atoms. The largest absolute Gasteiger partial charge is 0.481 e. The van der Waals surface area contributed by atoms with Gasteiger partial charge in [0.1, 0.15) is 5.82 Å². The second-order valence-corrected chi connectivity index (χ2v) is 16.6. The summed E-state index contributed by atoms with van der Waals surface area (Å²) < 4.78 is 8.49. The monoisotopic (exact) mass is 633 g/mol. The van der Waals surface area contributed by atoms with Crippen LogP contribution in [0.4, 0.5) is 0 Å². The Kier molecular flexibility index (Phi) is 8.42. The molecule has 1 aromatic rings. The van der Waals surface area contributed by atoms with Crippen LogP contribution in [0.1, 0.15) is 56.1 Å². The Morgan fingerprint density at radius 1 is 1.19 bits per heavy atom. The number of rotatable bonds is 7. The van der Waals surface area contributed by atoms with Crippen LogP contribution in [0.2, 0.25) is 0 Å². The number of aliphatic carboxylic acids is 1. The van der Waals surface area contributed by atoms with Crippen LogP contribution >= 0.6 is 23.4 Å². The molecule has 6 aliphatic rings. The first-order valence-electron chi connectivity index (χ1n) is 16.5. The summed E-state index contributed by atoms with van der Waals surface area (Å²) in [5.74, 6) is 1.07. The number of carboxylic acid groups (broad SMARTS) is 1. The third-order valence-electron chi connectivity index (χ3n) is 11.6.